The van der Waals surface area contributed by atoms with Gasteiger partial charge in [0.1, 0.15) is 17.4 Å². The summed E-state index contributed by atoms with van der Waals surface area (Å²) in [5, 5.41) is 3.24. The van der Waals surface area contributed by atoms with Gasteiger partial charge in [-0.2, -0.15) is 13.2 Å². The van der Waals surface area contributed by atoms with Crippen LogP contribution in [0.3, 0.4) is 0 Å². The van der Waals surface area contributed by atoms with Gasteiger partial charge in [-0.3, -0.25) is 0 Å². The minimum Gasteiger partial charge on any atom is -0.455 e. The maximum absolute atomic E-state index is 12.9. The van der Waals surface area contributed by atoms with Crippen molar-refractivity contribution in [2.24, 2.45) is 0 Å². The van der Waals surface area contributed by atoms with Crippen LogP contribution in [0.2, 0.25) is 0 Å². The van der Waals surface area contributed by atoms with Gasteiger partial charge < -0.3 is 24.3 Å². The molecule has 0 radical (unpaired) electrons. The lowest BCUT2D eigenvalue weighted by Gasteiger charge is -2.31. The van der Waals surface area contributed by atoms with E-state index in [1.807, 2.05) is 29.3 Å². The number of hydrogen-bond acceptors (Lipinski definition) is 7. The summed E-state index contributed by atoms with van der Waals surface area (Å²) in [5.74, 6) is 0.873. The minimum atomic E-state index is -4.49. The van der Waals surface area contributed by atoms with Gasteiger partial charge in [0.2, 0.25) is 5.76 Å². The molecule has 0 saturated carbocycles. The van der Waals surface area contributed by atoms with E-state index in [0.29, 0.717) is 32.1 Å². The van der Waals surface area contributed by atoms with E-state index < -0.39 is 11.9 Å². The van der Waals surface area contributed by atoms with E-state index in [1.54, 1.807) is 6.20 Å². The van der Waals surface area contributed by atoms with E-state index in [-0.39, 0.29) is 12.3 Å². The predicted octanol–water partition coefficient (Wildman–Crippen LogP) is 4.02. The van der Waals surface area contributed by atoms with E-state index in [9.17, 15) is 13.2 Å². The molecule has 0 bridgehead atoms. The Labute approximate surface area is 182 Å². The molecule has 7 nitrogen and oxygen atoms in total. The number of ether oxygens (including phenoxy) is 1. The molecule has 10 heteroatoms. The largest absolute Gasteiger partial charge is 0.455 e. The number of fused-ring (bicyclic) bond motifs is 1. The molecule has 168 valence electrons. The summed E-state index contributed by atoms with van der Waals surface area (Å²) in [6, 6.07) is 8.31. The molecule has 2 aliphatic heterocycles. The van der Waals surface area contributed by atoms with E-state index >= 15 is 0 Å². The molecule has 0 unspecified atom stereocenters. The molecule has 0 atom stereocenters. The number of nitrogens with zero attached hydrogens (tertiary/aromatic N) is 4. The van der Waals surface area contributed by atoms with Crippen molar-refractivity contribution in [3.8, 4) is 11.1 Å². The number of halogens is 3. The molecular weight excluding hydrogens is 423 g/mol. The van der Waals surface area contributed by atoms with E-state index in [0.717, 1.165) is 41.8 Å². The lowest BCUT2D eigenvalue weighted by atomic mass is 10.1. The van der Waals surface area contributed by atoms with Crippen LogP contribution in [0.15, 0.2) is 47.1 Å². The van der Waals surface area contributed by atoms with Gasteiger partial charge in [-0.25, -0.2) is 9.97 Å². The molecule has 3 aromatic heterocycles. The van der Waals surface area contributed by atoms with Gasteiger partial charge in [-0.1, -0.05) is 0 Å². The fourth-order valence-electron chi connectivity index (χ4n) is 3.92. The Balaban J connectivity index is 1.37. The summed E-state index contributed by atoms with van der Waals surface area (Å²) < 4.78 is 49.0. The molecular formula is C22H22F3N5O2. The number of alkyl halides is 3. The van der Waals surface area contributed by atoms with Gasteiger partial charge in [-0.15, -0.1) is 0 Å². The molecule has 1 N–H and O–H groups in total. The lowest BCUT2D eigenvalue weighted by molar-refractivity contribution is -0.153. The van der Waals surface area contributed by atoms with Crippen molar-refractivity contribution in [2.75, 3.05) is 54.5 Å². The number of anilines is 3. The molecule has 5 heterocycles. The van der Waals surface area contributed by atoms with Gasteiger partial charge in [0, 0.05) is 49.7 Å². The third-order valence-electron chi connectivity index (χ3n) is 5.59. The molecule has 0 amide bonds. The Morgan fingerprint density at radius 1 is 0.969 bits per heavy atom. The van der Waals surface area contributed by atoms with Crippen LogP contribution in [0.5, 0.6) is 0 Å². The third-order valence-corrected chi connectivity index (χ3v) is 5.59. The third kappa shape index (κ3) is 4.22. The van der Waals surface area contributed by atoms with Crippen LogP contribution in [0.25, 0.3) is 11.1 Å². The molecule has 0 spiro atoms. The predicted molar refractivity (Wildman–Crippen MR) is 114 cm³/mol. The molecule has 1 saturated heterocycles. The maximum atomic E-state index is 12.9. The standard InChI is InChI=1S/C22H22F3N5O2/c23-22(24,25)19-3-2-17(32-19)14-30-6-5-26-21-18(30)11-16(13-28-21)15-1-4-20(27-12-15)29-7-9-31-10-8-29/h1-4,11-13H,5-10,14H2,(H,26,28). The average molecular weight is 445 g/mol. The van der Waals surface area contributed by atoms with Crippen LogP contribution in [0.1, 0.15) is 11.5 Å². The van der Waals surface area contributed by atoms with Gasteiger partial charge in [0.05, 0.1) is 25.4 Å². The van der Waals surface area contributed by atoms with Crippen molar-refractivity contribution in [1.82, 2.24) is 9.97 Å². The summed E-state index contributed by atoms with van der Waals surface area (Å²) in [5.41, 5.74) is 2.62. The number of rotatable bonds is 4. The minimum absolute atomic E-state index is 0.226. The Morgan fingerprint density at radius 3 is 2.50 bits per heavy atom. The fraction of sp³-hybridized carbons (Fsp3) is 0.364. The zero-order chi connectivity index (χ0) is 22.1. The van der Waals surface area contributed by atoms with Gasteiger partial charge in [0.15, 0.2) is 0 Å². The van der Waals surface area contributed by atoms with Crippen LogP contribution in [-0.2, 0) is 17.5 Å². The van der Waals surface area contributed by atoms with Crippen LogP contribution in [0, 0.1) is 0 Å². The van der Waals surface area contributed by atoms with E-state index in [1.165, 1.54) is 6.07 Å². The van der Waals surface area contributed by atoms with Crippen molar-refractivity contribution in [3.63, 3.8) is 0 Å². The summed E-state index contributed by atoms with van der Waals surface area (Å²) in [7, 11) is 0. The van der Waals surface area contributed by atoms with Gasteiger partial charge >= 0.3 is 6.18 Å². The molecule has 2 aliphatic rings. The van der Waals surface area contributed by atoms with Crippen molar-refractivity contribution in [3.05, 3.63) is 54.2 Å². The highest BCUT2D eigenvalue weighted by atomic mass is 19.4. The fourth-order valence-corrected chi connectivity index (χ4v) is 3.92. The lowest BCUT2D eigenvalue weighted by Crippen LogP contribution is -2.36. The van der Waals surface area contributed by atoms with Crippen LogP contribution in [0.4, 0.5) is 30.5 Å². The zero-order valence-corrected chi connectivity index (χ0v) is 17.2. The summed E-state index contributed by atoms with van der Waals surface area (Å²) in [4.78, 5) is 13.3. The Bertz CT molecular complexity index is 1080. The molecule has 32 heavy (non-hydrogen) atoms. The van der Waals surface area contributed by atoms with Crippen molar-refractivity contribution >= 4 is 17.3 Å². The first-order chi connectivity index (χ1) is 15.5. The monoisotopic (exact) mass is 445 g/mol. The molecule has 1 fully saturated rings. The van der Waals surface area contributed by atoms with Crippen molar-refractivity contribution < 1.29 is 22.3 Å². The average Bonchev–Trinajstić information content (AvgIpc) is 3.29. The second kappa shape index (κ2) is 8.34. The number of aromatic nitrogens is 2. The number of furan rings is 1. The zero-order valence-electron chi connectivity index (χ0n) is 17.2. The van der Waals surface area contributed by atoms with Crippen LogP contribution in [-0.4, -0.2) is 49.4 Å². The highest BCUT2D eigenvalue weighted by molar-refractivity contribution is 5.76. The topological polar surface area (TPSA) is 66.7 Å². The Hall–Kier alpha value is -3.27. The first-order valence-corrected chi connectivity index (χ1v) is 10.4. The number of hydrogen-bond donors (Lipinski definition) is 1. The Kier molecular flexibility index (Phi) is 5.38. The summed E-state index contributed by atoms with van der Waals surface area (Å²) in [6.45, 7) is 4.51. The normalized spacial score (nSPS) is 16.6. The smallest absolute Gasteiger partial charge is 0.449 e. The summed E-state index contributed by atoms with van der Waals surface area (Å²) in [6.07, 6.45) is -0.902. The van der Waals surface area contributed by atoms with Gasteiger partial charge in [-0.05, 0) is 30.3 Å². The highest BCUT2D eigenvalue weighted by Gasteiger charge is 2.35. The molecule has 0 aromatic carbocycles. The van der Waals surface area contributed by atoms with Crippen LogP contribution >= 0.6 is 0 Å². The molecule has 0 aliphatic carbocycles. The van der Waals surface area contributed by atoms with Crippen LogP contribution < -0.4 is 15.1 Å². The quantitative estimate of drug-likeness (QED) is 0.651. The van der Waals surface area contributed by atoms with Crippen molar-refractivity contribution in [2.45, 2.75) is 12.7 Å². The van der Waals surface area contributed by atoms with E-state index in [4.69, 9.17) is 9.15 Å². The maximum Gasteiger partial charge on any atom is 0.449 e. The first-order valence-electron chi connectivity index (χ1n) is 10.4. The first kappa shape index (κ1) is 20.6. The molecule has 3 aromatic rings. The van der Waals surface area contributed by atoms with Crippen molar-refractivity contribution in [1.29, 1.82) is 0 Å². The highest BCUT2D eigenvalue weighted by Crippen LogP contribution is 2.35. The van der Waals surface area contributed by atoms with E-state index in [2.05, 4.69) is 20.2 Å². The number of pyridine rings is 2. The number of morpholine rings is 1. The number of nitrogens with one attached hydrogen (secondary N) is 1. The second-order valence-corrected chi connectivity index (χ2v) is 7.71. The second-order valence-electron chi connectivity index (χ2n) is 7.71. The summed E-state index contributed by atoms with van der Waals surface area (Å²) >= 11 is 0. The SMILES string of the molecule is FC(F)(F)c1ccc(CN2CCNc3ncc(-c4ccc(N5CCOCC5)nc4)cc32)o1. The van der Waals surface area contributed by atoms with Gasteiger partial charge in [0.25, 0.3) is 0 Å². The molecule has 5 rings (SSSR count). The Morgan fingerprint density at radius 2 is 1.78 bits per heavy atom.